The van der Waals surface area contributed by atoms with Crippen LogP contribution in [-0.2, 0) is 14.8 Å². The predicted molar refractivity (Wildman–Crippen MR) is 74.4 cm³/mol. The highest BCUT2D eigenvalue weighted by molar-refractivity contribution is 7.89. The Morgan fingerprint density at radius 1 is 1.55 bits per heavy atom. The molecule has 0 bridgehead atoms. The van der Waals surface area contributed by atoms with Crippen molar-refractivity contribution in [3.05, 3.63) is 23.8 Å². The van der Waals surface area contributed by atoms with Gasteiger partial charge >= 0.3 is 0 Å². The Morgan fingerprint density at radius 2 is 2.30 bits per heavy atom. The van der Waals surface area contributed by atoms with Crippen LogP contribution in [0.2, 0.25) is 0 Å². The first-order valence-corrected chi connectivity index (χ1v) is 7.76. The van der Waals surface area contributed by atoms with Crippen molar-refractivity contribution in [1.29, 1.82) is 5.26 Å². The molecule has 6 nitrogen and oxygen atoms in total. The summed E-state index contributed by atoms with van der Waals surface area (Å²) in [4.78, 5) is -0.0188. The Bertz CT molecular complexity index is 631. The summed E-state index contributed by atoms with van der Waals surface area (Å²) in [7, 11) is -2.22. The number of nitriles is 1. The number of sulfonamides is 1. The Hall–Kier alpha value is -1.62. The molecule has 2 N–H and O–H groups in total. The van der Waals surface area contributed by atoms with E-state index in [1.807, 2.05) is 6.07 Å². The Morgan fingerprint density at radius 3 is 2.90 bits per heavy atom. The summed E-state index contributed by atoms with van der Waals surface area (Å²) in [6.45, 7) is 0.960. The minimum atomic E-state index is -3.71. The van der Waals surface area contributed by atoms with Gasteiger partial charge in [-0.05, 0) is 31.0 Å². The van der Waals surface area contributed by atoms with Crippen molar-refractivity contribution in [2.24, 2.45) is 0 Å². The Kier molecular flexibility index (Phi) is 4.28. The van der Waals surface area contributed by atoms with Gasteiger partial charge in [0.2, 0.25) is 10.0 Å². The van der Waals surface area contributed by atoms with Crippen LogP contribution in [0.25, 0.3) is 0 Å². The van der Waals surface area contributed by atoms with E-state index in [1.54, 1.807) is 0 Å². The number of nitrogen functional groups attached to an aromatic ring is 1. The van der Waals surface area contributed by atoms with Crippen molar-refractivity contribution in [2.75, 3.05) is 25.9 Å². The molecular weight excluding hydrogens is 278 g/mol. The highest BCUT2D eigenvalue weighted by atomic mass is 32.2. The van der Waals surface area contributed by atoms with Crippen LogP contribution in [0.3, 0.4) is 0 Å². The second-order valence-corrected chi connectivity index (χ2v) is 6.80. The largest absolute Gasteiger partial charge is 0.399 e. The van der Waals surface area contributed by atoms with E-state index in [2.05, 4.69) is 0 Å². The van der Waals surface area contributed by atoms with Crippen LogP contribution in [0.15, 0.2) is 23.1 Å². The molecule has 0 spiro atoms. The Labute approximate surface area is 118 Å². The molecule has 108 valence electrons. The average Bonchev–Trinajstić information content (AvgIpc) is 2.91. The normalized spacial score (nSPS) is 19.1. The van der Waals surface area contributed by atoms with Crippen LogP contribution in [0.5, 0.6) is 0 Å². The number of ether oxygens (including phenoxy) is 1. The van der Waals surface area contributed by atoms with Gasteiger partial charge in [-0.1, -0.05) is 0 Å². The van der Waals surface area contributed by atoms with Gasteiger partial charge in [0, 0.05) is 25.9 Å². The summed E-state index contributed by atoms with van der Waals surface area (Å²) in [5.41, 5.74) is 6.00. The molecule has 1 aromatic rings. The number of rotatable bonds is 4. The number of hydrogen-bond donors (Lipinski definition) is 1. The molecule has 1 aromatic carbocycles. The molecule has 1 unspecified atom stereocenters. The molecular formula is C13H17N3O3S. The van der Waals surface area contributed by atoms with Gasteiger partial charge in [-0.15, -0.1) is 0 Å². The zero-order chi connectivity index (χ0) is 14.8. The second-order valence-electron chi connectivity index (χ2n) is 4.79. The van der Waals surface area contributed by atoms with Crippen LogP contribution >= 0.6 is 0 Å². The monoisotopic (exact) mass is 295 g/mol. The minimum Gasteiger partial charge on any atom is -0.399 e. The first-order chi connectivity index (χ1) is 9.45. The molecule has 0 aliphatic carbocycles. The van der Waals surface area contributed by atoms with Gasteiger partial charge in [0.1, 0.15) is 11.0 Å². The van der Waals surface area contributed by atoms with Gasteiger partial charge in [0.05, 0.1) is 11.7 Å². The lowest BCUT2D eigenvalue weighted by Gasteiger charge is -2.21. The third-order valence-electron chi connectivity index (χ3n) is 3.30. The SMILES string of the molecule is CN(CC1CCCO1)S(=O)(=O)c1ccc(N)cc1C#N. The molecule has 0 amide bonds. The van der Waals surface area contributed by atoms with Gasteiger partial charge < -0.3 is 10.5 Å². The number of nitrogens with two attached hydrogens (primary N) is 1. The maximum absolute atomic E-state index is 12.5. The van der Waals surface area contributed by atoms with E-state index in [4.69, 9.17) is 15.7 Å². The first kappa shape index (κ1) is 14.8. The second kappa shape index (κ2) is 5.79. The third kappa shape index (κ3) is 2.93. The maximum Gasteiger partial charge on any atom is 0.244 e. The summed E-state index contributed by atoms with van der Waals surface area (Å²) in [5, 5.41) is 9.06. The van der Waals surface area contributed by atoms with Crippen LogP contribution in [0, 0.1) is 11.3 Å². The zero-order valence-electron chi connectivity index (χ0n) is 11.2. The zero-order valence-corrected chi connectivity index (χ0v) is 12.1. The van der Waals surface area contributed by atoms with E-state index in [-0.39, 0.29) is 23.1 Å². The van der Waals surface area contributed by atoms with E-state index in [1.165, 1.54) is 29.6 Å². The number of hydrogen-bond acceptors (Lipinski definition) is 5. The van der Waals surface area contributed by atoms with Crippen molar-refractivity contribution in [3.8, 4) is 6.07 Å². The minimum absolute atomic E-state index is 0.0188. The molecule has 1 aliphatic rings. The van der Waals surface area contributed by atoms with Gasteiger partial charge in [-0.2, -0.15) is 9.57 Å². The number of likely N-dealkylation sites (N-methyl/N-ethyl adjacent to an activating group) is 1. The van der Waals surface area contributed by atoms with Crippen LogP contribution in [0.4, 0.5) is 5.69 Å². The van der Waals surface area contributed by atoms with E-state index >= 15 is 0 Å². The molecule has 7 heteroatoms. The first-order valence-electron chi connectivity index (χ1n) is 6.32. The maximum atomic E-state index is 12.5. The fourth-order valence-corrected chi connectivity index (χ4v) is 3.52. The molecule has 20 heavy (non-hydrogen) atoms. The van der Waals surface area contributed by atoms with Gasteiger partial charge in [-0.25, -0.2) is 8.42 Å². The molecule has 1 fully saturated rings. The summed E-state index contributed by atoms with van der Waals surface area (Å²) in [6, 6.07) is 6.09. The number of nitrogens with zero attached hydrogens (tertiary/aromatic N) is 2. The van der Waals surface area contributed by atoms with E-state index < -0.39 is 10.0 Å². The number of benzene rings is 1. The van der Waals surface area contributed by atoms with E-state index in [9.17, 15) is 8.42 Å². The third-order valence-corrected chi connectivity index (χ3v) is 5.18. The molecule has 2 rings (SSSR count). The molecule has 1 saturated heterocycles. The molecule has 1 atom stereocenters. The standard InChI is InChI=1S/C13H17N3O3S/c1-16(9-12-3-2-6-19-12)20(17,18)13-5-4-11(15)7-10(13)8-14/h4-5,7,12H,2-3,6,9,15H2,1H3. The fraction of sp³-hybridized carbons (Fsp3) is 0.462. The lowest BCUT2D eigenvalue weighted by molar-refractivity contribution is 0.0979. The fourth-order valence-electron chi connectivity index (χ4n) is 2.20. The van der Waals surface area contributed by atoms with Crippen LogP contribution in [0.1, 0.15) is 18.4 Å². The van der Waals surface area contributed by atoms with Crippen molar-refractivity contribution in [2.45, 2.75) is 23.8 Å². The highest BCUT2D eigenvalue weighted by Crippen LogP contribution is 2.23. The highest BCUT2D eigenvalue weighted by Gasteiger charge is 2.28. The van der Waals surface area contributed by atoms with Gasteiger partial charge in [0.25, 0.3) is 0 Å². The predicted octanol–water partition coefficient (Wildman–Crippen LogP) is 0.940. The summed E-state index contributed by atoms with van der Waals surface area (Å²) in [6.07, 6.45) is 1.73. The smallest absolute Gasteiger partial charge is 0.244 e. The average molecular weight is 295 g/mol. The summed E-state index contributed by atoms with van der Waals surface area (Å²) < 4.78 is 31.6. The van der Waals surface area contributed by atoms with Crippen LogP contribution in [-0.4, -0.2) is 39.0 Å². The molecule has 0 radical (unpaired) electrons. The molecule has 1 aliphatic heterocycles. The van der Waals surface area contributed by atoms with E-state index in [0.717, 1.165) is 12.8 Å². The van der Waals surface area contributed by atoms with Gasteiger partial charge in [0.15, 0.2) is 0 Å². The van der Waals surface area contributed by atoms with Crippen molar-refractivity contribution >= 4 is 15.7 Å². The summed E-state index contributed by atoms with van der Waals surface area (Å²) >= 11 is 0. The van der Waals surface area contributed by atoms with E-state index in [0.29, 0.717) is 12.3 Å². The summed E-state index contributed by atoms with van der Waals surface area (Å²) in [5.74, 6) is 0. The molecule has 1 heterocycles. The molecule has 0 aromatic heterocycles. The van der Waals surface area contributed by atoms with Gasteiger partial charge in [-0.3, -0.25) is 0 Å². The Balaban J connectivity index is 2.27. The van der Waals surface area contributed by atoms with Crippen LogP contribution < -0.4 is 5.73 Å². The van der Waals surface area contributed by atoms with Crippen molar-refractivity contribution in [3.63, 3.8) is 0 Å². The quantitative estimate of drug-likeness (QED) is 0.834. The lowest BCUT2D eigenvalue weighted by atomic mass is 10.2. The van der Waals surface area contributed by atoms with Crippen molar-refractivity contribution < 1.29 is 13.2 Å². The molecule has 0 saturated carbocycles. The topological polar surface area (TPSA) is 96.4 Å². The number of anilines is 1. The van der Waals surface area contributed by atoms with Crippen molar-refractivity contribution in [1.82, 2.24) is 4.31 Å². The lowest BCUT2D eigenvalue weighted by Crippen LogP contribution is -2.34.